The van der Waals surface area contributed by atoms with Gasteiger partial charge in [0.2, 0.25) is 5.91 Å². The summed E-state index contributed by atoms with van der Waals surface area (Å²) in [6.07, 6.45) is 5.13. The smallest absolute Gasteiger partial charge is 0.253 e. The van der Waals surface area contributed by atoms with Gasteiger partial charge in [0.1, 0.15) is 4.33 Å². The van der Waals surface area contributed by atoms with Crippen molar-refractivity contribution in [3.63, 3.8) is 0 Å². The number of carbonyl (C=O) groups excluding carboxylic acids is 2. The maximum atomic E-state index is 12.5. The van der Waals surface area contributed by atoms with Crippen molar-refractivity contribution in [2.75, 3.05) is 13.1 Å². The lowest BCUT2D eigenvalue weighted by molar-refractivity contribution is -0.137. The van der Waals surface area contributed by atoms with E-state index in [0.717, 1.165) is 12.8 Å². The Morgan fingerprint density at radius 3 is 2.52 bits per heavy atom. The molecule has 0 spiro atoms. The number of hydrogen-bond acceptors (Lipinski definition) is 3. The van der Waals surface area contributed by atoms with Gasteiger partial charge in [-0.1, -0.05) is 0 Å². The third-order valence-electron chi connectivity index (χ3n) is 4.77. The fourth-order valence-electron chi connectivity index (χ4n) is 2.97. The minimum absolute atomic E-state index is 0.0135. The third kappa shape index (κ3) is 3.17. The van der Waals surface area contributed by atoms with Crippen LogP contribution < -0.4 is 5.32 Å². The number of aromatic nitrogens is 1. The minimum atomic E-state index is -0.935. The molecule has 2 fully saturated rings. The molecule has 1 aliphatic carbocycles. The van der Waals surface area contributed by atoms with Crippen LogP contribution in [0.5, 0.6) is 0 Å². The first kappa shape index (κ1) is 16.5. The summed E-state index contributed by atoms with van der Waals surface area (Å²) in [7, 11) is 0. The van der Waals surface area contributed by atoms with Crippen LogP contribution in [0.1, 0.15) is 36.5 Å². The van der Waals surface area contributed by atoms with E-state index in [-0.39, 0.29) is 17.9 Å². The molecule has 0 unspecified atom stereocenters. The number of amides is 2. The van der Waals surface area contributed by atoms with Crippen LogP contribution in [0.4, 0.5) is 0 Å². The lowest BCUT2D eigenvalue weighted by atomic mass is 10.0. The maximum absolute atomic E-state index is 12.5. The molecule has 5 nitrogen and oxygen atoms in total. The van der Waals surface area contributed by atoms with E-state index in [9.17, 15) is 9.59 Å². The zero-order valence-corrected chi connectivity index (χ0v) is 14.4. The van der Waals surface area contributed by atoms with Crippen LogP contribution in [0, 0.1) is 5.41 Å². The first-order valence-corrected chi connectivity index (χ1v) is 8.47. The van der Waals surface area contributed by atoms with E-state index in [2.05, 4.69) is 10.3 Å². The van der Waals surface area contributed by atoms with E-state index in [4.69, 9.17) is 23.2 Å². The number of likely N-dealkylation sites (tertiary alicyclic amines) is 1. The number of nitrogens with zero attached hydrogens (tertiary/aromatic N) is 2. The zero-order valence-electron chi connectivity index (χ0n) is 12.9. The van der Waals surface area contributed by atoms with E-state index >= 15 is 0 Å². The average Bonchev–Trinajstić information content (AvgIpc) is 3.08. The number of halogens is 2. The summed E-state index contributed by atoms with van der Waals surface area (Å²) >= 11 is 12.2. The summed E-state index contributed by atoms with van der Waals surface area (Å²) in [4.78, 5) is 30.4. The Morgan fingerprint density at radius 2 is 2.00 bits per heavy atom. The molecule has 2 aliphatic rings. The van der Waals surface area contributed by atoms with Crippen molar-refractivity contribution >= 4 is 35.0 Å². The number of piperidine rings is 1. The standard InChI is InChI=1S/C16H19Cl2N3O2/c1-15(10-16(15,17)18)14(23)21-7-4-12(5-8-21)20-13(22)11-3-2-6-19-9-11/h2-3,6,9,12H,4-5,7-8,10H2,1H3,(H,20,22)/t15-/m1/s1. The number of nitrogens with one attached hydrogen (secondary N) is 1. The minimum Gasteiger partial charge on any atom is -0.349 e. The van der Waals surface area contributed by atoms with E-state index < -0.39 is 9.75 Å². The van der Waals surface area contributed by atoms with Gasteiger partial charge in [-0.05, 0) is 38.3 Å². The number of carbonyl (C=O) groups is 2. The van der Waals surface area contributed by atoms with Crippen LogP contribution in [0.3, 0.4) is 0 Å². The second-order valence-corrected chi connectivity index (χ2v) is 7.98. The van der Waals surface area contributed by atoms with Crippen molar-refractivity contribution in [1.82, 2.24) is 15.2 Å². The Balaban J connectivity index is 1.51. The van der Waals surface area contributed by atoms with Crippen LogP contribution >= 0.6 is 23.2 Å². The van der Waals surface area contributed by atoms with Crippen LogP contribution in [0.2, 0.25) is 0 Å². The zero-order chi connectivity index (χ0) is 16.7. The lowest BCUT2D eigenvalue weighted by Crippen LogP contribution is -2.48. The van der Waals surface area contributed by atoms with Crippen LogP contribution in [0.15, 0.2) is 24.5 Å². The summed E-state index contributed by atoms with van der Waals surface area (Å²) < 4.78 is -0.935. The monoisotopic (exact) mass is 355 g/mol. The highest BCUT2D eigenvalue weighted by molar-refractivity contribution is 6.53. The average molecular weight is 356 g/mol. The molecule has 1 aromatic heterocycles. The quantitative estimate of drug-likeness (QED) is 0.846. The summed E-state index contributed by atoms with van der Waals surface area (Å²) in [5.41, 5.74) is -0.118. The predicted octanol–water partition coefficient (Wildman–Crippen LogP) is 2.39. The van der Waals surface area contributed by atoms with E-state index in [0.29, 0.717) is 25.1 Å². The molecule has 1 aliphatic heterocycles. The summed E-state index contributed by atoms with van der Waals surface area (Å²) in [5, 5.41) is 3.00. The highest BCUT2D eigenvalue weighted by Gasteiger charge is 2.68. The van der Waals surface area contributed by atoms with E-state index in [1.807, 2.05) is 6.92 Å². The Kier molecular flexibility index (Phi) is 4.27. The molecule has 1 saturated carbocycles. The van der Waals surface area contributed by atoms with Crippen LogP contribution in [-0.4, -0.2) is 45.2 Å². The molecular weight excluding hydrogens is 337 g/mol. The summed E-state index contributed by atoms with van der Waals surface area (Å²) in [6, 6.07) is 3.53. The molecule has 7 heteroatoms. The molecule has 2 amide bonds. The van der Waals surface area contributed by atoms with Gasteiger partial charge in [-0.3, -0.25) is 14.6 Å². The topological polar surface area (TPSA) is 62.3 Å². The van der Waals surface area contributed by atoms with Gasteiger partial charge in [0, 0.05) is 31.5 Å². The van der Waals surface area contributed by atoms with Gasteiger partial charge in [-0.15, -0.1) is 23.2 Å². The lowest BCUT2D eigenvalue weighted by Gasteiger charge is -2.34. The van der Waals surface area contributed by atoms with Gasteiger partial charge < -0.3 is 10.2 Å². The first-order valence-electron chi connectivity index (χ1n) is 7.71. The van der Waals surface area contributed by atoms with Crippen molar-refractivity contribution < 1.29 is 9.59 Å². The second kappa shape index (κ2) is 5.95. The van der Waals surface area contributed by atoms with E-state index in [1.165, 1.54) is 0 Å². The van der Waals surface area contributed by atoms with Crippen molar-refractivity contribution in [2.45, 2.75) is 36.6 Å². The molecule has 1 N–H and O–H groups in total. The summed E-state index contributed by atoms with van der Waals surface area (Å²) in [6.45, 7) is 3.03. The normalized spacial score (nSPS) is 26.7. The molecule has 1 aromatic rings. The Hall–Kier alpha value is -1.33. The van der Waals surface area contributed by atoms with Crippen molar-refractivity contribution in [3.8, 4) is 0 Å². The molecular formula is C16H19Cl2N3O2. The number of alkyl halides is 2. The number of rotatable bonds is 3. The van der Waals surface area contributed by atoms with Gasteiger partial charge in [-0.25, -0.2) is 0 Å². The highest BCUT2D eigenvalue weighted by atomic mass is 35.5. The van der Waals surface area contributed by atoms with Gasteiger partial charge in [0.05, 0.1) is 11.0 Å². The number of pyridine rings is 1. The van der Waals surface area contributed by atoms with Gasteiger partial charge in [-0.2, -0.15) is 0 Å². The van der Waals surface area contributed by atoms with E-state index in [1.54, 1.807) is 29.4 Å². The van der Waals surface area contributed by atoms with Crippen molar-refractivity contribution in [2.24, 2.45) is 5.41 Å². The molecule has 1 atom stereocenters. The molecule has 0 bridgehead atoms. The van der Waals surface area contributed by atoms with Gasteiger partial charge >= 0.3 is 0 Å². The summed E-state index contributed by atoms with van der Waals surface area (Å²) in [5.74, 6) is -0.114. The van der Waals surface area contributed by atoms with Crippen molar-refractivity contribution in [1.29, 1.82) is 0 Å². The first-order chi connectivity index (χ1) is 10.8. The van der Waals surface area contributed by atoms with Crippen LogP contribution in [0.25, 0.3) is 0 Å². The largest absolute Gasteiger partial charge is 0.349 e. The van der Waals surface area contributed by atoms with Crippen LogP contribution in [-0.2, 0) is 4.79 Å². The molecule has 2 heterocycles. The maximum Gasteiger partial charge on any atom is 0.253 e. The van der Waals surface area contributed by atoms with Crippen molar-refractivity contribution in [3.05, 3.63) is 30.1 Å². The fourth-order valence-corrected chi connectivity index (χ4v) is 3.67. The van der Waals surface area contributed by atoms with Gasteiger partial charge in [0.25, 0.3) is 5.91 Å². The molecule has 23 heavy (non-hydrogen) atoms. The SMILES string of the molecule is C[C@]1(C(=O)N2CCC(NC(=O)c3cccnc3)CC2)CC1(Cl)Cl. The third-order valence-corrected chi connectivity index (χ3v) is 5.87. The Labute approximate surface area is 145 Å². The predicted molar refractivity (Wildman–Crippen MR) is 88.5 cm³/mol. The highest BCUT2D eigenvalue weighted by Crippen LogP contribution is 2.64. The second-order valence-electron chi connectivity index (χ2n) is 6.49. The fraction of sp³-hybridized carbons (Fsp3) is 0.562. The molecule has 1 saturated heterocycles. The molecule has 0 aromatic carbocycles. The molecule has 0 radical (unpaired) electrons. The molecule has 124 valence electrons. The Morgan fingerprint density at radius 1 is 1.35 bits per heavy atom. The molecule has 3 rings (SSSR count). The Bertz CT molecular complexity index is 615. The van der Waals surface area contributed by atoms with Gasteiger partial charge in [0.15, 0.2) is 0 Å². The number of hydrogen-bond donors (Lipinski definition) is 1.